The first-order valence-electron chi connectivity index (χ1n) is 7.80. The Morgan fingerprint density at radius 2 is 1.84 bits per heavy atom. The van der Waals surface area contributed by atoms with E-state index in [0.29, 0.717) is 22.5 Å². The van der Waals surface area contributed by atoms with Crippen molar-refractivity contribution in [3.63, 3.8) is 0 Å². The van der Waals surface area contributed by atoms with Gasteiger partial charge in [-0.1, -0.05) is 17.7 Å². The average Bonchev–Trinajstić information content (AvgIpc) is 2.44. The zero-order valence-corrected chi connectivity index (χ0v) is 15.7. The fraction of sp³-hybridized carbons (Fsp3) is 0.389. The third-order valence-electron chi connectivity index (χ3n) is 3.25. The van der Waals surface area contributed by atoms with Gasteiger partial charge in [0, 0.05) is 23.5 Å². The third kappa shape index (κ3) is 5.41. The van der Waals surface area contributed by atoms with Gasteiger partial charge in [-0.25, -0.2) is 9.78 Å². The smallest absolute Gasteiger partial charge is 0.412 e. The molecule has 0 saturated heterocycles. The van der Waals surface area contributed by atoms with Gasteiger partial charge in [-0.15, -0.1) is 0 Å². The number of pyridine rings is 2. The number of carbonyl (C=O) groups excluding carboxylic acids is 1. The SMILES string of the molecule is CC(C)(C)OC(=O)Nc1cc(Cl)ncc1-c1ccc(C(C)(C)O)cn1. The van der Waals surface area contributed by atoms with Crippen LogP contribution in [0.25, 0.3) is 11.3 Å². The summed E-state index contributed by atoms with van der Waals surface area (Å²) in [5.74, 6) is 0. The van der Waals surface area contributed by atoms with E-state index < -0.39 is 17.3 Å². The Balaban J connectivity index is 2.34. The van der Waals surface area contributed by atoms with Gasteiger partial charge in [0.25, 0.3) is 0 Å². The molecule has 0 atom stereocenters. The lowest BCUT2D eigenvalue weighted by atomic mass is 10.00. The average molecular weight is 364 g/mol. The van der Waals surface area contributed by atoms with Crippen molar-refractivity contribution < 1.29 is 14.6 Å². The molecule has 0 radical (unpaired) electrons. The van der Waals surface area contributed by atoms with Crippen LogP contribution in [0.3, 0.4) is 0 Å². The molecule has 2 heterocycles. The van der Waals surface area contributed by atoms with E-state index in [1.165, 1.54) is 12.3 Å². The Morgan fingerprint density at radius 1 is 1.16 bits per heavy atom. The van der Waals surface area contributed by atoms with E-state index in [4.69, 9.17) is 16.3 Å². The molecule has 0 spiro atoms. The Labute approximate surface area is 152 Å². The molecule has 7 heteroatoms. The van der Waals surface area contributed by atoms with Crippen molar-refractivity contribution in [1.82, 2.24) is 9.97 Å². The van der Waals surface area contributed by atoms with E-state index in [1.54, 1.807) is 52.9 Å². The minimum atomic E-state index is -0.985. The number of nitrogens with zero attached hydrogens (tertiary/aromatic N) is 2. The van der Waals surface area contributed by atoms with Crippen molar-refractivity contribution in [3.05, 3.63) is 41.3 Å². The van der Waals surface area contributed by atoms with E-state index in [2.05, 4.69) is 15.3 Å². The van der Waals surface area contributed by atoms with Crippen LogP contribution in [-0.4, -0.2) is 26.8 Å². The van der Waals surface area contributed by atoms with E-state index in [-0.39, 0.29) is 5.15 Å². The summed E-state index contributed by atoms with van der Waals surface area (Å²) in [6, 6.07) is 5.05. The number of nitrogens with one attached hydrogen (secondary N) is 1. The Bertz CT molecular complexity index is 763. The number of ether oxygens (including phenoxy) is 1. The van der Waals surface area contributed by atoms with Gasteiger partial charge in [0.05, 0.1) is 17.0 Å². The van der Waals surface area contributed by atoms with Crippen molar-refractivity contribution >= 4 is 23.4 Å². The van der Waals surface area contributed by atoms with Crippen molar-refractivity contribution in [2.75, 3.05) is 5.32 Å². The van der Waals surface area contributed by atoms with Crippen LogP contribution in [-0.2, 0) is 10.3 Å². The molecular weight excluding hydrogens is 342 g/mol. The maximum Gasteiger partial charge on any atom is 0.412 e. The number of hydrogen-bond donors (Lipinski definition) is 2. The predicted molar refractivity (Wildman–Crippen MR) is 97.6 cm³/mol. The van der Waals surface area contributed by atoms with E-state index in [1.807, 2.05) is 0 Å². The molecule has 134 valence electrons. The monoisotopic (exact) mass is 363 g/mol. The zero-order chi connectivity index (χ0) is 18.8. The second kappa shape index (κ2) is 6.98. The molecule has 0 fully saturated rings. The van der Waals surface area contributed by atoms with Gasteiger partial charge in [-0.05, 0) is 46.8 Å². The summed E-state index contributed by atoms with van der Waals surface area (Å²) >= 11 is 5.95. The number of rotatable bonds is 3. The Kier molecular flexibility index (Phi) is 5.34. The molecule has 2 rings (SSSR count). The van der Waals surface area contributed by atoms with Gasteiger partial charge < -0.3 is 9.84 Å². The molecule has 0 unspecified atom stereocenters. The normalized spacial score (nSPS) is 12.0. The number of amides is 1. The van der Waals surface area contributed by atoms with Crippen LogP contribution in [0.4, 0.5) is 10.5 Å². The molecule has 0 saturated carbocycles. The summed E-state index contributed by atoms with van der Waals surface area (Å²) in [6.45, 7) is 8.71. The predicted octanol–water partition coefficient (Wildman–Crippen LogP) is 4.37. The molecule has 25 heavy (non-hydrogen) atoms. The van der Waals surface area contributed by atoms with Crippen molar-refractivity contribution in [2.24, 2.45) is 0 Å². The molecule has 0 aromatic carbocycles. The summed E-state index contributed by atoms with van der Waals surface area (Å²) in [5, 5.41) is 12.9. The van der Waals surface area contributed by atoms with Gasteiger partial charge in [-0.2, -0.15) is 0 Å². The molecule has 2 aromatic rings. The third-order valence-corrected chi connectivity index (χ3v) is 3.46. The molecule has 0 aliphatic rings. The molecule has 1 amide bonds. The Morgan fingerprint density at radius 3 is 2.36 bits per heavy atom. The van der Waals surface area contributed by atoms with Gasteiger partial charge >= 0.3 is 6.09 Å². The number of carbonyl (C=O) groups is 1. The first kappa shape index (κ1) is 19.1. The lowest BCUT2D eigenvalue weighted by molar-refractivity contribution is 0.0635. The van der Waals surface area contributed by atoms with Gasteiger partial charge in [-0.3, -0.25) is 10.3 Å². The van der Waals surface area contributed by atoms with Crippen LogP contribution >= 0.6 is 11.6 Å². The highest BCUT2D eigenvalue weighted by Gasteiger charge is 2.20. The maximum atomic E-state index is 12.1. The highest BCUT2D eigenvalue weighted by molar-refractivity contribution is 6.29. The summed E-state index contributed by atoms with van der Waals surface area (Å²) < 4.78 is 5.27. The number of aliphatic hydroxyl groups is 1. The fourth-order valence-electron chi connectivity index (χ4n) is 2.07. The van der Waals surface area contributed by atoms with Crippen LogP contribution in [0.15, 0.2) is 30.6 Å². The van der Waals surface area contributed by atoms with E-state index >= 15 is 0 Å². The second-order valence-corrected chi connectivity index (χ2v) is 7.56. The fourth-order valence-corrected chi connectivity index (χ4v) is 2.22. The number of hydrogen-bond acceptors (Lipinski definition) is 5. The molecule has 0 bridgehead atoms. The maximum absolute atomic E-state index is 12.1. The molecule has 0 aliphatic carbocycles. The summed E-state index contributed by atoms with van der Waals surface area (Å²) in [7, 11) is 0. The summed E-state index contributed by atoms with van der Waals surface area (Å²) in [4.78, 5) is 20.5. The first-order valence-corrected chi connectivity index (χ1v) is 8.18. The van der Waals surface area contributed by atoms with E-state index in [0.717, 1.165) is 0 Å². The molecule has 0 aliphatic heterocycles. The lowest BCUT2D eigenvalue weighted by Gasteiger charge is -2.20. The minimum Gasteiger partial charge on any atom is -0.444 e. The largest absolute Gasteiger partial charge is 0.444 e. The van der Waals surface area contributed by atoms with Gasteiger partial charge in [0.1, 0.15) is 10.8 Å². The highest BCUT2D eigenvalue weighted by Crippen LogP contribution is 2.29. The van der Waals surface area contributed by atoms with Crippen LogP contribution in [0.2, 0.25) is 5.15 Å². The van der Waals surface area contributed by atoms with Gasteiger partial charge in [0.15, 0.2) is 0 Å². The van der Waals surface area contributed by atoms with E-state index in [9.17, 15) is 9.90 Å². The standard InChI is InChI=1S/C18H22ClN3O3/c1-17(2,3)25-16(23)22-14-8-15(19)21-10-12(14)13-7-6-11(9-20-13)18(4,5)24/h6-10,24H,1-5H3,(H,21,22,23). The molecular formula is C18H22ClN3O3. The van der Waals surface area contributed by atoms with Crippen molar-refractivity contribution in [3.8, 4) is 11.3 Å². The van der Waals surface area contributed by atoms with Crippen molar-refractivity contribution in [2.45, 2.75) is 45.8 Å². The number of halogens is 1. The highest BCUT2D eigenvalue weighted by atomic mass is 35.5. The van der Waals surface area contributed by atoms with Crippen LogP contribution in [0.1, 0.15) is 40.2 Å². The van der Waals surface area contributed by atoms with Crippen LogP contribution < -0.4 is 5.32 Å². The quantitative estimate of drug-likeness (QED) is 0.791. The zero-order valence-electron chi connectivity index (χ0n) is 14.9. The number of aromatic nitrogens is 2. The molecule has 2 N–H and O–H groups in total. The van der Waals surface area contributed by atoms with Crippen LogP contribution in [0.5, 0.6) is 0 Å². The minimum absolute atomic E-state index is 0.239. The molecule has 6 nitrogen and oxygen atoms in total. The van der Waals surface area contributed by atoms with Gasteiger partial charge in [0.2, 0.25) is 0 Å². The number of anilines is 1. The summed E-state index contributed by atoms with van der Waals surface area (Å²) in [6.07, 6.45) is 2.52. The van der Waals surface area contributed by atoms with Crippen LogP contribution in [0, 0.1) is 0 Å². The summed E-state index contributed by atoms with van der Waals surface area (Å²) in [5.41, 5.74) is 0.702. The Hall–Kier alpha value is -2.18. The lowest BCUT2D eigenvalue weighted by Crippen LogP contribution is -2.27. The first-order chi connectivity index (χ1) is 11.5. The van der Waals surface area contributed by atoms with Crippen molar-refractivity contribution in [1.29, 1.82) is 0 Å². The molecule has 2 aromatic heterocycles. The topological polar surface area (TPSA) is 84.3 Å². The second-order valence-electron chi connectivity index (χ2n) is 7.17.